The Hall–Kier alpha value is -0.530. The van der Waals surface area contributed by atoms with E-state index in [4.69, 9.17) is 17.3 Å². The first-order chi connectivity index (χ1) is 9.40. The number of halogens is 1. The molecule has 0 atom stereocenters. The largest absolute Gasteiger partial charge is 0.321 e. The maximum atomic E-state index is 6.57. The quantitative estimate of drug-likeness (QED) is 0.780. The van der Waals surface area contributed by atoms with Gasteiger partial charge in [-0.1, -0.05) is 37.6 Å². The molecule has 2 aliphatic rings. The van der Waals surface area contributed by atoms with Crippen LogP contribution in [-0.4, -0.2) is 0 Å². The molecule has 2 heteroatoms. The van der Waals surface area contributed by atoms with Crippen molar-refractivity contribution < 1.29 is 0 Å². The van der Waals surface area contributed by atoms with Crippen LogP contribution in [-0.2, 0) is 5.54 Å². The Morgan fingerprint density at radius 2 is 1.75 bits per heavy atom. The van der Waals surface area contributed by atoms with Crippen molar-refractivity contribution in [3.8, 4) is 0 Å². The summed E-state index contributed by atoms with van der Waals surface area (Å²) < 4.78 is 0. The molecule has 1 aromatic rings. The van der Waals surface area contributed by atoms with E-state index in [0.717, 1.165) is 17.9 Å². The molecule has 0 radical (unpaired) electrons. The van der Waals surface area contributed by atoms with Gasteiger partial charge in [0, 0.05) is 10.6 Å². The number of nitrogens with two attached hydrogens (primary N) is 1. The van der Waals surface area contributed by atoms with Crippen LogP contribution in [0.15, 0.2) is 18.2 Å². The van der Waals surface area contributed by atoms with Crippen molar-refractivity contribution in [2.24, 2.45) is 11.1 Å². The van der Waals surface area contributed by atoms with Gasteiger partial charge in [-0.25, -0.2) is 0 Å². The van der Waals surface area contributed by atoms with E-state index >= 15 is 0 Å². The van der Waals surface area contributed by atoms with Crippen LogP contribution in [0.4, 0.5) is 0 Å². The summed E-state index contributed by atoms with van der Waals surface area (Å²) >= 11 is 6.57. The van der Waals surface area contributed by atoms with Crippen molar-refractivity contribution in [1.82, 2.24) is 0 Å². The molecule has 0 unspecified atom stereocenters. The monoisotopic (exact) mass is 291 g/mol. The Kier molecular flexibility index (Phi) is 3.63. The van der Waals surface area contributed by atoms with Gasteiger partial charge in [-0.15, -0.1) is 0 Å². The average molecular weight is 292 g/mol. The standard InChI is InChI=1S/C18H26ClN/c1-17(2)10-6-13(7-11-17)15-5-4-14(12-16(15)19)18(20)8-3-9-18/h4-5,12-13H,3,6-11,20H2,1-2H3. The molecule has 1 nitrogen and oxygen atoms in total. The smallest absolute Gasteiger partial charge is 0.0444 e. The highest BCUT2D eigenvalue weighted by Gasteiger charge is 2.35. The van der Waals surface area contributed by atoms with Gasteiger partial charge in [-0.2, -0.15) is 0 Å². The van der Waals surface area contributed by atoms with Crippen LogP contribution in [0.25, 0.3) is 0 Å². The molecule has 0 bridgehead atoms. The Morgan fingerprint density at radius 3 is 2.25 bits per heavy atom. The van der Waals surface area contributed by atoms with Gasteiger partial charge in [0.1, 0.15) is 0 Å². The van der Waals surface area contributed by atoms with Crippen molar-refractivity contribution in [2.75, 3.05) is 0 Å². The molecule has 0 spiro atoms. The van der Waals surface area contributed by atoms with Crippen LogP contribution >= 0.6 is 11.6 Å². The third-order valence-electron chi connectivity index (χ3n) is 5.60. The second kappa shape index (κ2) is 5.03. The van der Waals surface area contributed by atoms with E-state index in [9.17, 15) is 0 Å². The average Bonchev–Trinajstić information content (AvgIpc) is 2.36. The zero-order valence-corrected chi connectivity index (χ0v) is 13.5. The Bertz CT molecular complexity index is 492. The van der Waals surface area contributed by atoms with Crippen LogP contribution in [0.5, 0.6) is 0 Å². The normalized spacial score (nSPS) is 25.2. The van der Waals surface area contributed by atoms with Crippen LogP contribution in [0.3, 0.4) is 0 Å². The maximum Gasteiger partial charge on any atom is 0.0444 e. The van der Waals surface area contributed by atoms with E-state index in [0.29, 0.717) is 11.3 Å². The molecule has 110 valence electrons. The van der Waals surface area contributed by atoms with E-state index in [1.165, 1.54) is 43.2 Å². The summed E-state index contributed by atoms with van der Waals surface area (Å²) in [7, 11) is 0. The lowest BCUT2D eigenvalue weighted by atomic mass is 9.70. The fraction of sp³-hybridized carbons (Fsp3) is 0.667. The van der Waals surface area contributed by atoms with E-state index in [2.05, 4.69) is 32.0 Å². The third kappa shape index (κ3) is 2.63. The number of hydrogen-bond donors (Lipinski definition) is 1. The molecular formula is C18H26ClN. The first-order valence-corrected chi connectivity index (χ1v) is 8.36. The lowest BCUT2D eigenvalue weighted by Gasteiger charge is -2.39. The number of benzene rings is 1. The highest BCUT2D eigenvalue weighted by molar-refractivity contribution is 6.31. The fourth-order valence-corrected chi connectivity index (χ4v) is 4.06. The van der Waals surface area contributed by atoms with Gasteiger partial charge in [0.25, 0.3) is 0 Å². The van der Waals surface area contributed by atoms with Gasteiger partial charge in [0.05, 0.1) is 0 Å². The van der Waals surface area contributed by atoms with Crippen molar-refractivity contribution in [3.63, 3.8) is 0 Å². The van der Waals surface area contributed by atoms with Gasteiger partial charge >= 0.3 is 0 Å². The van der Waals surface area contributed by atoms with Crippen molar-refractivity contribution in [3.05, 3.63) is 34.3 Å². The second-order valence-corrected chi connectivity index (χ2v) is 8.09. The summed E-state index contributed by atoms with van der Waals surface area (Å²) in [5.41, 5.74) is 9.38. The van der Waals surface area contributed by atoms with Crippen molar-refractivity contribution in [1.29, 1.82) is 0 Å². The molecule has 2 fully saturated rings. The molecule has 0 aliphatic heterocycles. The Morgan fingerprint density at radius 1 is 1.10 bits per heavy atom. The van der Waals surface area contributed by atoms with Gasteiger partial charge in [0.2, 0.25) is 0 Å². The molecule has 3 rings (SSSR count). The first kappa shape index (κ1) is 14.4. The predicted octanol–water partition coefficient (Wildman–Crippen LogP) is 5.36. The lowest BCUT2D eigenvalue weighted by molar-refractivity contribution is 0.224. The highest BCUT2D eigenvalue weighted by atomic mass is 35.5. The van der Waals surface area contributed by atoms with Crippen LogP contribution in [0, 0.1) is 5.41 Å². The molecule has 2 saturated carbocycles. The van der Waals surface area contributed by atoms with Crippen molar-refractivity contribution in [2.45, 2.75) is 70.3 Å². The topological polar surface area (TPSA) is 26.0 Å². The summed E-state index contributed by atoms with van der Waals surface area (Å²) in [6.07, 6.45) is 8.57. The minimum absolute atomic E-state index is 0.100. The van der Waals surface area contributed by atoms with Crippen LogP contribution in [0.2, 0.25) is 5.02 Å². The minimum Gasteiger partial charge on any atom is -0.321 e. The summed E-state index contributed by atoms with van der Waals surface area (Å²) in [4.78, 5) is 0. The Labute approximate surface area is 127 Å². The van der Waals surface area contributed by atoms with E-state index < -0.39 is 0 Å². The van der Waals surface area contributed by atoms with Crippen molar-refractivity contribution >= 4 is 11.6 Å². The number of rotatable bonds is 2. The zero-order chi connectivity index (χ0) is 14.4. The number of hydrogen-bond acceptors (Lipinski definition) is 1. The summed E-state index contributed by atoms with van der Waals surface area (Å²) in [5.74, 6) is 0.639. The SMILES string of the molecule is CC1(C)CCC(c2ccc(C3(N)CCC3)cc2Cl)CC1. The molecule has 2 N–H and O–H groups in total. The summed E-state index contributed by atoms with van der Waals surface area (Å²) in [5, 5.41) is 0.934. The molecule has 0 saturated heterocycles. The molecule has 1 aromatic carbocycles. The molecule has 0 amide bonds. The second-order valence-electron chi connectivity index (χ2n) is 7.68. The van der Waals surface area contributed by atoms with Crippen LogP contribution in [0.1, 0.15) is 75.8 Å². The van der Waals surface area contributed by atoms with Crippen LogP contribution < -0.4 is 5.73 Å². The van der Waals surface area contributed by atoms with E-state index in [1.54, 1.807) is 0 Å². The molecule has 0 aromatic heterocycles. The third-order valence-corrected chi connectivity index (χ3v) is 5.93. The summed E-state index contributed by atoms with van der Waals surface area (Å²) in [6, 6.07) is 6.60. The van der Waals surface area contributed by atoms with Gasteiger partial charge in [-0.3, -0.25) is 0 Å². The zero-order valence-electron chi connectivity index (χ0n) is 12.7. The summed E-state index contributed by atoms with van der Waals surface area (Å²) in [6.45, 7) is 4.76. The molecule has 0 heterocycles. The lowest BCUT2D eigenvalue weighted by Crippen LogP contribution is -2.43. The van der Waals surface area contributed by atoms with Gasteiger partial charge in [-0.05, 0) is 73.5 Å². The molecule has 2 aliphatic carbocycles. The minimum atomic E-state index is -0.100. The maximum absolute atomic E-state index is 6.57. The first-order valence-electron chi connectivity index (χ1n) is 7.99. The highest BCUT2D eigenvalue weighted by Crippen LogP contribution is 2.45. The van der Waals surface area contributed by atoms with E-state index in [1.807, 2.05) is 0 Å². The fourth-order valence-electron chi connectivity index (χ4n) is 3.72. The van der Waals surface area contributed by atoms with Gasteiger partial charge < -0.3 is 5.73 Å². The van der Waals surface area contributed by atoms with Gasteiger partial charge in [0.15, 0.2) is 0 Å². The van der Waals surface area contributed by atoms with E-state index in [-0.39, 0.29) is 5.54 Å². The molecule has 20 heavy (non-hydrogen) atoms. The molecular weight excluding hydrogens is 266 g/mol. The Balaban J connectivity index is 1.78. The predicted molar refractivity (Wildman–Crippen MR) is 86.2 cm³/mol.